The molecule has 4 rings (SSSR count). The van der Waals surface area contributed by atoms with Crippen molar-refractivity contribution in [3.05, 3.63) is 71.0 Å². The summed E-state index contributed by atoms with van der Waals surface area (Å²) in [5.41, 5.74) is 2.90. The fraction of sp³-hybridized carbons (Fsp3) is 0.500. The molecule has 0 spiro atoms. The van der Waals surface area contributed by atoms with E-state index in [2.05, 4.69) is 41.5 Å². The predicted octanol–water partition coefficient (Wildman–Crippen LogP) is 4.29. The molecule has 5 heteroatoms. The number of nitrogens with one attached hydrogen (secondary N) is 1. The monoisotopic (exact) mass is 424 g/mol. The van der Waals surface area contributed by atoms with Crippen LogP contribution in [0.15, 0.2) is 48.5 Å². The number of rotatable bonds is 6. The number of nitrogens with zero attached hydrogens (tertiary/aromatic N) is 1. The van der Waals surface area contributed by atoms with Gasteiger partial charge in [0.1, 0.15) is 5.82 Å². The Labute approximate surface area is 184 Å². The third-order valence-electron chi connectivity index (χ3n) is 6.86. The summed E-state index contributed by atoms with van der Waals surface area (Å²) in [5.74, 6) is 0.326. The van der Waals surface area contributed by atoms with Crippen LogP contribution >= 0.6 is 0 Å². The summed E-state index contributed by atoms with van der Waals surface area (Å²) in [6, 6.07) is 15.2. The topological polar surface area (TPSA) is 41.6 Å². The number of likely N-dealkylation sites (N-methyl/N-ethyl adjacent to an activating group) is 1. The quantitative estimate of drug-likeness (QED) is 0.752. The Morgan fingerprint density at radius 1 is 1.16 bits per heavy atom. The van der Waals surface area contributed by atoms with Crippen LogP contribution < -0.4 is 5.32 Å². The summed E-state index contributed by atoms with van der Waals surface area (Å²) in [6.07, 6.45) is 4.58. The van der Waals surface area contributed by atoms with Gasteiger partial charge in [0.15, 0.2) is 0 Å². The number of likely N-dealkylation sites (tertiary alicyclic amines) is 1. The van der Waals surface area contributed by atoms with Crippen molar-refractivity contribution in [3.63, 3.8) is 0 Å². The molecule has 2 saturated heterocycles. The van der Waals surface area contributed by atoms with Crippen LogP contribution in [0.25, 0.3) is 0 Å². The van der Waals surface area contributed by atoms with E-state index in [9.17, 15) is 9.18 Å². The number of piperidine rings is 1. The van der Waals surface area contributed by atoms with E-state index >= 15 is 0 Å². The first kappa shape index (κ1) is 22.0. The minimum Gasteiger partial charge on any atom is -0.381 e. The largest absolute Gasteiger partial charge is 0.381 e. The third kappa shape index (κ3) is 5.52. The van der Waals surface area contributed by atoms with Gasteiger partial charge in [-0.2, -0.15) is 0 Å². The first-order valence-corrected chi connectivity index (χ1v) is 11.4. The van der Waals surface area contributed by atoms with E-state index < -0.39 is 5.41 Å². The van der Waals surface area contributed by atoms with Crippen LogP contribution in [0.3, 0.4) is 0 Å². The summed E-state index contributed by atoms with van der Waals surface area (Å²) in [5, 5.41) is 3.07. The maximum atomic E-state index is 13.5. The summed E-state index contributed by atoms with van der Waals surface area (Å²) in [7, 11) is 2.19. The van der Waals surface area contributed by atoms with E-state index in [-0.39, 0.29) is 11.7 Å². The maximum Gasteiger partial charge on any atom is 0.226 e. The second-order valence-electron chi connectivity index (χ2n) is 9.23. The number of hydrogen-bond donors (Lipinski definition) is 1. The van der Waals surface area contributed by atoms with Crippen LogP contribution in [-0.4, -0.2) is 44.2 Å². The maximum absolute atomic E-state index is 13.5. The van der Waals surface area contributed by atoms with Gasteiger partial charge in [0.05, 0.1) is 5.41 Å². The molecule has 1 amide bonds. The Balaban J connectivity index is 1.48. The van der Waals surface area contributed by atoms with Gasteiger partial charge in [-0.25, -0.2) is 4.39 Å². The molecule has 2 aliphatic rings. The van der Waals surface area contributed by atoms with Crippen molar-refractivity contribution >= 4 is 5.91 Å². The second kappa shape index (κ2) is 9.92. The van der Waals surface area contributed by atoms with Gasteiger partial charge in [-0.3, -0.25) is 4.79 Å². The van der Waals surface area contributed by atoms with Gasteiger partial charge in [0.2, 0.25) is 5.91 Å². The van der Waals surface area contributed by atoms with Crippen LogP contribution in [0.5, 0.6) is 0 Å². The number of carbonyl (C=O) groups is 1. The van der Waals surface area contributed by atoms with Crippen LogP contribution in [0, 0.1) is 11.2 Å². The molecular weight excluding hydrogens is 391 g/mol. The molecule has 2 heterocycles. The molecule has 2 aromatic carbocycles. The lowest BCUT2D eigenvalue weighted by atomic mass is 9.74. The van der Waals surface area contributed by atoms with E-state index in [0.717, 1.165) is 12.1 Å². The molecule has 2 aromatic rings. The van der Waals surface area contributed by atoms with Crippen molar-refractivity contribution in [2.75, 3.05) is 33.4 Å². The lowest BCUT2D eigenvalue weighted by molar-refractivity contribution is -0.136. The van der Waals surface area contributed by atoms with E-state index in [0.29, 0.717) is 44.9 Å². The van der Waals surface area contributed by atoms with Gasteiger partial charge < -0.3 is 15.0 Å². The molecule has 1 atom stereocenters. The molecule has 4 nitrogen and oxygen atoms in total. The lowest BCUT2D eigenvalue weighted by Gasteiger charge is -2.36. The Kier molecular flexibility index (Phi) is 7.03. The molecule has 2 fully saturated rings. The van der Waals surface area contributed by atoms with E-state index in [1.165, 1.54) is 42.6 Å². The average Bonchev–Trinajstić information content (AvgIpc) is 2.78. The molecule has 166 valence electrons. The van der Waals surface area contributed by atoms with E-state index in [1.807, 2.05) is 6.07 Å². The van der Waals surface area contributed by atoms with Crippen molar-refractivity contribution in [3.8, 4) is 0 Å². The van der Waals surface area contributed by atoms with Crippen LogP contribution in [-0.2, 0) is 22.5 Å². The SMILES string of the molecule is CN1CCC[C@H](c2cccc(CC3(C(=O)NCc4cccc(F)c4)CCOCC3)c2)C1. The van der Waals surface area contributed by atoms with E-state index in [1.54, 1.807) is 6.07 Å². The van der Waals surface area contributed by atoms with Gasteiger partial charge in [-0.05, 0) is 80.4 Å². The molecule has 2 aliphatic heterocycles. The normalized spacial score (nSPS) is 21.5. The van der Waals surface area contributed by atoms with Crippen molar-refractivity contribution < 1.29 is 13.9 Å². The van der Waals surface area contributed by atoms with Crippen molar-refractivity contribution in [2.45, 2.75) is 44.6 Å². The molecule has 1 N–H and O–H groups in total. The number of benzene rings is 2. The minimum atomic E-state index is -0.479. The van der Waals surface area contributed by atoms with Crippen LogP contribution in [0.1, 0.15) is 48.3 Å². The van der Waals surface area contributed by atoms with Gasteiger partial charge in [0, 0.05) is 26.3 Å². The van der Waals surface area contributed by atoms with Crippen molar-refractivity contribution in [2.24, 2.45) is 5.41 Å². The standard InChI is InChI=1S/C26H33FN2O2/c1-29-12-4-8-23(19-29)22-7-2-5-20(15-22)17-26(10-13-31-14-11-26)25(30)28-18-21-6-3-9-24(27)16-21/h2-3,5-7,9,15-16,23H,4,8,10-14,17-19H2,1H3,(H,28,30)/t23-/m0/s1. The highest BCUT2D eigenvalue weighted by molar-refractivity contribution is 5.83. The molecule has 0 unspecified atom stereocenters. The first-order valence-electron chi connectivity index (χ1n) is 11.4. The van der Waals surface area contributed by atoms with Crippen molar-refractivity contribution in [1.29, 1.82) is 0 Å². The fourth-order valence-electron chi connectivity index (χ4n) is 5.05. The number of halogens is 1. The van der Waals surface area contributed by atoms with Gasteiger partial charge >= 0.3 is 0 Å². The Morgan fingerprint density at radius 2 is 1.94 bits per heavy atom. The number of ether oxygens (including phenoxy) is 1. The third-order valence-corrected chi connectivity index (χ3v) is 6.86. The summed E-state index contributed by atoms with van der Waals surface area (Å²) < 4.78 is 19.1. The molecule has 31 heavy (non-hydrogen) atoms. The minimum absolute atomic E-state index is 0.0443. The zero-order valence-corrected chi connectivity index (χ0v) is 18.4. The molecule has 0 aromatic heterocycles. The summed E-state index contributed by atoms with van der Waals surface area (Å²) >= 11 is 0. The van der Waals surface area contributed by atoms with Crippen LogP contribution in [0.4, 0.5) is 4.39 Å². The second-order valence-corrected chi connectivity index (χ2v) is 9.23. The number of amides is 1. The highest BCUT2D eigenvalue weighted by atomic mass is 19.1. The predicted molar refractivity (Wildman–Crippen MR) is 120 cm³/mol. The van der Waals surface area contributed by atoms with Gasteiger partial charge in [-0.1, -0.05) is 36.4 Å². The smallest absolute Gasteiger partial charge is 0.226 e. The summed E-state index contributed by atoms with van der Waals surface area (Å²) in [4.78, 5) is 15.7. The fourth-order valence-corrected chi connectivity index (χ4v) is 5.05. The molecule has 0 bridgehead atoms. The molecule has 0 saturated carbocycles. The van der Waals surface area contributed by atoms with Gasteiger partial charge in [0.25, 0.3) is 0 Å². The summed E-state index contributed by atoms with van der Waals surface area (Å²) in [6.45, 7) is 3.80. The highest BCUT2D eigenvalue weighted by Gasteiger charge is 2.40. The average molecular weight is 425 g/mol. The first-order chi connectivity index (χ1) is 15.0. The van der Waals surface area contributed by atoms with Gasteiger partial charge in [-0.15, -0.1) is 0 Å². The lowest BCUT2D eigenvalue weighted by Crippen LogP contribution is -2.46. The Bertz CT molecular complexity index is 894. The van der Waals surface area contributed by atoms with E-state index in [4.69, 9.17) is 4.74 Å². The highest BCUT2D eigenvalue weighted by Crippen LogP contribution is 2.36. The molecular formula is C26H33FN2O2. The van der Waals surface area contributed by atoms with Crippen LogP contribution in [0.2, 0.25) is 0 Å². The number of carbonyl (C=O) groups excluding carboxylic acids is 1. The molecule has 0 aliphatic carbocycles. The molecule has 0 radical (unpaired) electrons. The zero-order chi connectivity index (χ0) is 21.7. The Hall–Kier alpha value is -2.24. The number of hydrogen-bond acceptors (Lipinski definition) is 3. The Morgan fingerprint density at radius 3 is 2.71 bits per heavy atom. The van der Waals surface area contributed by atoms with Crippen molar-refractivity contribution in [1.82, 2.24) is 10.2 Å². The zero-order valence-electron chi connectivity index (χ0n) is 18.4.